The van der Waals surface area contributed by atoms with Gasteiger partial charge in [-0.25, -0.2) is 4.79 Å². The summed E-state index contributed by atoms with van der Waals surface area (Å²) in [5.41, 5.74) is 2.12. The van der Waals surface area contributed by atoms with Gasteiger partial charge >= 0.3 is 5.97 Å². The van der Waals surface area contributed by atoms with Gasteiger partial charge in [0.15, 0.2) is 0 Å². The second-order valence-electron chi connectivity index (χ2n) is 6.22. The summed E-state index contributed by atoms with van der Waals surface area (Å²) < 4.78 is 11.8. The molecule has 0 aromatic heterocycles. The van der Waals surface area contributed by atoms with E-state index in [0.717, 1.165) is 11.1 Å². The van der Waals surface area contributed by atoms with Gasteiger partial charge < -0.3 is 20.1 Å². The molecule has 3 N–H and O–H groups in total. The molecule has 0 aliphatic rings. The monoisotopic (exact) mass is 403 g/mol. The Morgan fingerprint density at radius 2 is 1.47 bits per heavy atom. The molecule has 0 heterocycles. The van der Waals surface area contributed by atoms with Gasteiger partial charge in [-0.1, -0.05) is 60.7 Å². The summed E-state index contributed by atoms with van der Waals surface area (Å²) in [7, 11) is 0. The molecule has 0 aliphatic heterocycles. The number of hydrogen-bond donors (Lipinski definition) is 1. The first kappa shape index (κ1) is 22.2. The number of hydrogen-bond acceptors (Lipinski definition) is 4. The van der Waals surface area contributed by atoms with Crippen LogP contribution >= 0.6 is 0 Å². The molecule has 0 radical (unpaired) electrons. The Balaban J connectivity index is 0.00000320. The van der Waals surface area contributed by atoms with Crippen molar-refractivity contribution in [2.75, 3.05) is 0 Å². The minimum Gasteiger partial charge on any atom is -0.489 e. The number of carbonyl (C=O) groups is 1. The van der Waals surface area contributed by atoms with Crippen LogP contribution in [0.15, 0.2) is 84.4 Å². The van der Waals surface area contributed by atoms with E-state index < -0.39 is 5.97 Å². The fraction of sp³-hybridized carbons (Fsp3) is 0.0833. The molecule has 0 atom stereocenters. The third-order valence-corrected chi connectivity index (χ3v) is 4.12. The highest BCUT2D eigenvalue weighted by atomic mass is 16.5. The second kappa shape index (κ2) is 11.1. The van der Waals surface area contributed by atoms with Gasteiger partial charge in [-0.3, -0.25) is 0 Å². The lowest BCUT2D eigenvalue weighted by molar-refractivity contribution is -0.132. The van der Waals surface area contributed by atoms with Crippen LogP contribution in [0.1, 0.15) is 16.7 Å². The molecular weight excluding hydrogens is 382 g/mol. The van der Waals surface area contributed by atoms with E-state index in [0.29, 0.717) is 30.3 Å². The first-order valence-corrected chi connectivity index (χ1v) is 8.98. The van der Waals surface area contributed by atoms with E-state index in [1.807, 2.05) is 60.7 Å². The minimum absolute atomic E-state index is 0. The van der Waals surface area contributed by atoms with Crippen LogP contribution in [0.2, 0.25) is 0 Å². The first-order chi connectivity index (χ1) is 14.2. The Hall–Kier alpha value is -4.08. The van der Waals surface area contributed by atoms with E-state index in [-0.39, 0.29) is 11.0 Å². The molecule has 0 saturated carbocycles. The zero-order chi connectivity index (χ0) is 20.5. The average Bonchev–Trinajstić information content (AvgIpc) is 2.76. The number of aliphatic carboxylic acids is 1. The van der Waals surface area contributed by atoms with E-state index in [2.05, 4.69) is 0 Å². The van der Waals surface area contributed by atoms with Crippen LogP contribution in [-0.2, 0) is 18.0 Å². The predicted octanol–water partition coefficient (Wildman–Crippen LogP) is 4.01. The van der Waals surface area contributed by atoms with Crippen molar-refractivity contribution in [3.05, 3.63) is 101 Å². The second-order valence-corrected chi connectivity index (χ2v) is 6.22. The third-order valence-electron chi connectivity index (χ3n) is 4.12. The van der Waals surface area contributed by atoms with Crippen molar-refractivity contribution in [2.24, 2.45) is 0 Å². The maximum absolute atomic E-state index is 11.2. The van der Waals surface area contributed by atoms with E-state index in [4.69, 9.17) is 19.8 Å². The molecule has 6 heteroatoms. The summed E-state index contributed by atoms with van der Waals surface area (Å²) in [6, 6.07) is 26.2. The van der Waals surface area contributed by atoms with Crippen molar-refractivity contribution < 1.29 is 24.9 Å². The van der Waals surface area contributed by atoms with Gasteiger partial charge in [0, 0.05) is 11.6 Å². The Bertz CT molecular complexity index is 1040. The molecule has 0 aliphatic carbocycles. The minimum atomic E-state index is -1.29. The van der Waals surface area contributed by atoms with Gasteiger partial charge in [0.05, 0.1) is 0 Å². The molecular formula is C24H21NO5. The number of rotatable bonds is 8. The standard InChI is InChI=1S/C24H19NO4.H2O/c25-15-21(24(26)27)13-20-11-12-22(28-16-18-7-3-1-4-8-18)14-23(20)29-17-19-9-5-2-6-10-19;/h1-14H,16-17H2,(H,26,27);1H2/b21-13+;. The molecule has 0 fully saturated rings. The summed E-state index contributed by atoms with van der Waals surface area (Å²) in [6.07, 6.45) is 1.30. The number of nitrogens with zero attached hydrogens (tertiary/aromatic N) is 1. The summed E-state index contributed by atoms with van der Waals surface area (Å²) in [4.78, 5) is 11.2. The smallest absolute Gasteiger partial charge is 0.346 e. The van der Waals surface area contributed by atoms with Crippen molar-refractivity contribution >= 4 is 12.0 Å². The highest BCUT2D eigenvalue weighted by Gasteiger charge is 2.11. The Kier molecular flexibility index (Phi) is 8.18. The molecule has 3 aromatic carbocycles. The number of carboxylic acids is 1. The quantitative estimate of drug-likeness (QED) is 0.451. The molecule has 152 valence electrons. The molecule has 0 amide bonds. The van der Waals surface area contributed by atoms with Gasteiger partial charge in [0.1, 0.15) is 36.4 Å². The van der Waals surface area contributed by atoms with E-state index in [1.54, 1.807) is 24.3 Å². The van der Waals surface area contributed by atoms with E-state index in [9.17, 15) is 4.79 Å². The van der Waals surface area contributed by atoms with Crippen LogP contribution in [0.5, 0.6) is 11.5 Å². The van der Waals surface area contributed by atoms with Gasteiger partial charge in [-0.15, -0.1) is 0 Å². The molecule has 6 nitrogen and oxygen atoms in total. The van der Waals surface area contributed by atoms with Crippen LogP contribution in [0, 0.1) is 11.3 Å². The zero-order valence-corrected chi connectivity index (χ0v) is 16.1. The Morgan fingerprint density at radius 3 is 2.00 bits per heavy atom. The van der Waals surface area contributed by atoms with Crippen LogP contribution in [0.4, 0.5) is 0 Å². The maximum Gasteiger partial charge on any atom is 0.346 e. The van der Waals surface area contributed by atoms with Crippen molar-refractivity contribution in [3.63, 3.8) is 0 Å². The molecule has 0 saturated heterocycles. The Morgan fingerprint density at radius 1 is 0.900 bits per heavy atom. The van der Waals surface area contributed by atoms with E-state index in [1.165, 1.54) is 6.08 Å². The maximum atomic E-state index is 11.2. The van der Waals surface area contributed by atoms with Crippen molar-refractivity contribution in [3.8, 4) is 17.6 Å². The normalized spacial score (nSPS) is 10.4. The number of benzene rings is 3. The molecule has 30 heavy (non-hydrogen) atoms. The van der Waals surface area contributed by atoms with Crippen LogP contribution < -0.4 is 9.47 Å². The molecule has 0 bridgehead atoms. The lowest BCUT2D eigenvalue weighted by Gasteiger charge is -2.13. The van der Waals surface area contributed by atoms with Gasteiger partial charge in [0.25, 0.3) is 0 Å². The average molecular weight is 403 g/mol. The number of ether oxygens (including phenoxy) is 2. The van der Waals surface area contributed by atoms with Crippen molar-refractivity contribution in [2.45, 2.75) is 13.2 Å². The van der Waals surface area contributed by atoms with Crippen molar-refractivity contribution in [1.29, 1.82) is 5.26 Å². The Labute approximate surface area is 174 Å². The van der Waals surface area contributed by atoms with E-state index >= 15 is 0 Å². The van der Waals surface area contributed by atoms with Gasteiger partial charge in [-0.2, -0.15) is 5.26 Å². The van der Waals surface area contributed by atoms with Crippen molar-refractivity contribution in [1.82, 2.24) is 0 Å². The molecule has 0 unspecified atom stereocenters. The largest absolute Gasteiger partial charge is 0.489 e. The lowest BCUT2D eigenvalue weighted by atomic mass is 10.1. The summed E-state index contributed by atoms with van der Waals surface area (Å²) in [6.45, 7) is 0.700. The lowest BCUT2D eigenvalue weighted by Crippen LogP contribution is -2.01. The highest BCUT2D eigenvalue weighted by molar-refractivity contribution is 5.96. The molecule has 0 spiro atoms. The van der Waals surface area contributed by atoms with Gasteiger partial charge in [-0.05, 0) is 29.3 Å². The SMILES string of the molecule is N#C/C(=C\c1ccc(OCc2ccccc2)cc1OCc1ccccc1)C(=O)O.O. The molecule has 3 rings (SSSR count). The van der Waals surface area contributed by atoms with Crippen LogP contribution in [0.25, 0.3) is 6.08 Å². The topological polar surface area (TPSA) is 111 Å². The first-order valence-electron chi connectivity index (χ1n) is 8.98. The number of carboxylic acid groups (broad SMARTS) is 1. The fourth-order valence-electron chi connectivity index (χ4n) is 2.62. The van der Waals surface area contributed by atoms with Crippen LogP contribution in [0.3, 0.4) is 0 Å². The summed E-state index contributed by atoms with van der Waals surface area (Å²) in [5, 5.41) is 18.2. The number of nitriles is 1. The summed E-state index contributed by atoms with van der Waals surface area (Å²) in [5.74, 6) is -0.262. The highest BCUT2D eigenvalue weighted by Crippen LogP contribution is 2.28. The van der Waals surface area contributed by atoms with Gasteiger partial charge in [0.2, 0.25) is 0 Å². The molecule has 3 aromatic rings. The predicted molar refractivity (Wildman–Crippen MR) is 113 cm³/mol. The fourth-order valence-corrected chi connectivity index (χ4v) is 2.62. The third kappa shape index (κ3) is 6.23. The summed E-state index contributed by atoms with van der Waals surface area (Å²) >= 11 is 0. The van der Waals surface area contributed by atoms with Crippen LogP contribution in [-0.4, -0.2) is 16.6 Å². The zero-order valence-electron chi connectivity index (χ0n) is 16.1.